The third-order valence-electron chi connectivity index (χ3n) is 6.01. The summed E-state index contributed by atoms with van der Waals surface area (Å²) in [7, 11) is 1.55. The van der Waals surface area contributed by atoms with E-state index in [1.807, 2.05) is 30.3 Å². The van der Waals surface area contributed by atoms with E-state index in [2.05, 4.69) is 9.97 Å². The van der Waals surface area contributed by atoms with E-state index in [4.69, 9.17) is 27.9 Å². The van der Waals surface area contributed by atoms with Gasteiger partial charge in [-0.05, 0) is 58.7 Å². The highest BCUT2D eigenvalue weighted by Crippen LogP contribution is 2.39. The van der Waals surface area contributed by atoms with Crippen molar-refractivity contribution in [1.82, 2.24) is 14.5 Å². The van der Waals surface area contributed by atoms with Crippen molar-refractivity contribution in [1.29, 1.82) is 0 Å². The van der Waals surface area contributed by atoms with Gasteiger partial charge < -0.3 is 14.4 Å². The van der Waals surface area contributed by atoms with Crippen molar-refractivity contribution in [2.75, 3.05) is 7.11 Å². The number of rotatable bonds is 6. The maximum absolute atomic E-state index is 13.1. The average Bonchev–Trinajstić information content (AvgIpc) is 3.40. The molecule has 0 spiro atoms. The third kappa shape index (κ3) is 3.91. The lowest BCUT2D eigenvalue weighted by Crippen LogP contribution is -2.43. The molecule has 0 amide bonds. The maximum atomic E-state index is 13.1. The first-order valence-electron chi connectivity index (χ1n) is 10.7. The molecular weight excluding hydrogens is 485 g/mol. The first kappa shape index (κ1) is 22.9. The number of carbonyl (C=O) groups is 1. The summed E-state index contributed by atoms with van der Waals surface area (Å²) in [6.45, 7) is 0. The van der Waals surface area contributed by atoms with Gasteiger partial charge in [-0.1, -0.05) is 53.5 Å². The number of hydrogen-bond acceptors (Lipinski definition) is 4. The Balaban J connectivity index is 1.85. The standard InChI is InChI=1S/C27H19Cl2N3O3/c1-35-25-15-22(17-3-2-4-21(29)13-17)23-14-19(7-10-24(23)31-25)27(26(33)34,32-12-11-30-16-32)18-5-8-20(28)9-6-18/h2-16H,1H3,(H,33,34). The van der Waals surface area contributed by atoms with Crippen molar-refractivity contribution in [3.05, 3.63) is 113 Å². The minimum Gasteiger partial charge on any atom is -0.481 e. The minimum absolute atomic E-state index is 0.442. The lowest BCUT2D eigenvalue weighted by Gasteiger charge is -2.32. The first-order chi connectivity index (χ1) is 16.9. The van der Waals surface area contributed by atoms with E-state index in [-0.39, 0.29) is 0 Å². The number of carboxylic acids is 1. The second-order valence-corrected chi connectivity index (χ2v) is 8.82. The van der Waals surface area contributed by atoms with Crippen LogP contribution in [0.4, 0.5) is 0 Å². The van der Waals surface area contributed by atoms with Gasteiger partial charge >= 0.3 is 5.97 Å². The van der Waals surface area contributed by atoms with E-state index in [1.165, 1.54) is 6.33 Å². The molecule has 1 N–H and O–H groups in total. The average molecular weight is 504 g/mol. The minimum atomic E-state index is -1.60. The fraction of sp³-hybridized carbons (Fsp3) is 0.0741. The molecule has 0 aliphatic rings. The summed E-state index contributed by atoms with van der Waals surface area (Å²) in [5.74, 6) is -0.625. The van der Waals surface area contributed by atoms with E-state index in [0.29, 0.717) is 32.6 Å². The predicted molar refractivity (Wildman–Crippen MR) is 136 cm³/mol. The van der Waals surface area contributed by atoms with Crippen LogP contribution in [0.2, 0.25) is 10.0 Å². The zero-order valence-electron chi connectivity index (χ0n) is 18.5. The van der Waals surface area contributed by atoms with Crippen LogP contribution in [0.5, 0.6) is 5.88 Å². The fourth-order valence-electron chi connectivity index (χ4n) is 4.40. The van der Waals surface area contributed by atoms with Gasteiger partial charge in [0.1, 0.15) is 0 Å². The van der Waals surface area contributed by atoms with Gasteiger partial charge in [-0.2, -0.15) is 0 Å². The van der Waals surface area contributed by atoms with Gasteiger partial charge in [-0.25, -0.2) is 14.8 Å². The molecule has 5 rings (SSSR count). The zero-order valence-corrected chi connectivity index (χ0v) is 20.0. The van der Waals surface area contributed by atoms with Gasteiger partial charge in [0.05, 0.1) is 19.0 Å². The van der Waals surface area contributed by atoms with Crippen molar-refractivity contribution in [2.24, 2.45) is 0 Å². The molecule has 5 aromatic rings. The molecule has 35 heavy (non-hydrogen) atoms. The monoisotopic (exact) mass is 503 g/mol. The number of halogens is 2. The van der Waals surface area contributed by atoms with Gasteiger partial charge in [0.15, 0.2) is 5.54 Å². The molecule has 0 fully saturated rings. The number of imidazole rings is 1. The molecule has 0 aliphatic carbocycles. The lowest BCUT2D eigenvalue weighted by molar-refractivity contribution is -0.143. The second-order valence-electron chi connectivity index (χ2n) is 7.95. The van der Waals surface area contributed by atoms with Crippen molar-refractivity contribution >= 4 is 40.1 Å². The number of aliphatic carboxylic acids is 1. The second kappa shape index (κ2) is 9.06. The molecular formula is C27H19Cl2N3O3. The summed E-state index contributed by atoms with van der Waals surface area (Å²) < 4.78 is 7.01. The highest BCUT2D eigenvalue weighted by atomic mass is 35.5. The number of pyridine rings is 1. The van der Waals surface area contributed by atoms with Gasteiger partial charge in [0.25, 0.3) is 0 Å². The van der Waals surface area contributed by atoms with Gasteiger partial charge in [-0.15, -0.1) is 0 Å². The summed E-state index contributed by atoms with van der Waals surface area (Å²) >= 11 is 12.4. The summed E-state index contributed by atoms with van der Waals surface area (Å²) in [5, 5.41) is 12.6. The van der Waals surface area contributed by atoms with Gasteiger partial charge in [-0.3, -0.25) is 0 Å². The molecule has 0 radical (unpaired) electrons. The van der Waals surface area contributed by atoms with Crippen molar-refractivity contribution in [3.63, 3.8) is 0 Å². The molecule has 8 heteroatoms. The van der Waals surface area contributed by atoms with E-state index in [9.17, 15) is 9.90 Å². The van der Waals surface area contributed by atoms with Crippen LogP contribution in [0.3, 0.4) is 0 Å². The SMILES string of the molecule is COc1cc(-c2cccc(Cl)c2)c2cc(C(C(=O)O)(c3ccc(Cl)cc3)n3ccnc3)ccc2n1. The van der Waals surface area contributed by atoms with Crippen LogP contribution in [-0.2, 0) is 10.3 Å². The van der Waals surface area contributed by atoms with Crippen LogP contribution in [0.15, 0.2) is 91.5 Å². The Hall–Kier alpha value is -3.87. The van der Waals surface area contributed by atoms with Crippen LogP contribution in [0.1, 0.15) is 11.1 Å². The summed E-state index contributed by atoms with van der Waals surface area (Å²) in [6.07, 6.45) is 4.69. The number of methoxy groups -OCH3 is 1. The largest absolute Gasteiger partial charge is 0.481 e. The van der Waals surface area contributed by atoms with Gasteiger partial charge in [0, 0.05) is 33.9 Å². The van der Waals surface area contributed by atoms with Crippen LogP contribution < -0.4 is 4.74 Å². The molecule has 1 atom stereocenters. The summed E-state index contributed by atoms with van der Waals surface area (Å²) in [5.41, 5.74) is 1.78. The molecule has 0 saturated heterocycles. The number of nitrogens with zero attached hydrogens (tertiary/aromatic N) is 3. The Morgan fingerprint density at radius 3 is 2.40 bits per heavy atom. The van der Waals surface area contributed by atoms with Crippen molar-refractivity contribution < 1.29 is 14.6 Å². The van der Waals surface area contributed by atoms with Crippen molar-refractivity contribution in [2.45, 2.75) is 5.54 Å². The Labute approximate surface area is 211 Å². The van der Waals surface area contributed by atoms with E-state index < -0.39 is 11.5 Å². The molecule has 2 heterocycles. The Kier molecular flexibility index (Phi) is 5.93. The van der Waals surface area contributed by atoms with Crippen molar-refractivity contribution in [3.8, 4) is 17.0 Å². The number of benzene rings is 3. The molecule has 2 aromatic heterocycles. The molecule has 0 bridgehead atoms. The molecule has 0 saturated carbocycles. The van der Waals surface area contributed by atoms with Crippen LogP contribution in [-0.4, -0.2) is 32.7 Å². The van der Waals surface area contributed by atoms with E-state index in [1.54, 1.807) is 66.5 Å². The molecule has 174 valence electrons. The highest BCUT2D eigenvalue weighted by Gasteiger charge is 2.44. The lowest BCUT2D eigenvalue weighted by atomic mass is 9.81. The third-order valence-corrected chi connectivity index (χ3v) is 6.50. The Morgan fingerprint density at radius 2 is 1.74 bits per heavy atom. The normalized spacial score (nSPS) is 12.9. The summed E-state index contributed by atoms with van der Waals surface area (Å²) in [6, 6.07) is 21.5. The number of hydrogen-bond donors (Lipinski definition) is 1. The number of ether oxygens (including phenoxy) is 1. The molecule has 6 nitrogen and oxygen atoms in total. The smallest absolute Gasteiger partial charge is 0.339 e. The Morgan fingerprint density at radius 1 is 0.971 bits per heavy atom. The zero-order chi connectivity index (χ0) is 24.6. The Bertz CT molecular complexity index is 1540. The topological polar surface area (TPSA) is 77.2 Å². The number of aromatic nitrogens is 3. The molecule has 0 aliphatic heterocycles. The molecule has 3 aromatic carbocycles. The molecule has 1 unspecified atom stereocenters. The van der Waals surface area contributed by atoms with Crippen LogP contribution in [0, 0.1) is 0 Å². The number of carboxylic acid groups (broad SMARTS) is 1. The number of fused-ring (bicyclic) bond motifs is 1. The van der Waals surface area contributed by atoms with Crippen LogP contribution >= 0.6 is 23.2 Å². The predicted octanol–water partition coefficient (Wildman–Crippen LogP) is 6.29. The van der Waals surface area contributed by atoms with Gasteiger partial charge in [0.2, 0.25) is 5.88 Å². The van der Waals surface area contributed by atoms with Crippen LogP contribution in [0.25, 0.3) is 22.0 Å². The summed E-state index contributed by atoms with van der Waals surface area (Å²) in [4.78, 5) is 21.8. The maximum Gasteiger partial charge on any atom is 0.339 e. The van der Waals surface area contributed by atoms with E-state index >= 15 is 0 Å². The quantitative estimate of drug-likeness (QED) is 0.294. The highest BCUT2D eigenvalue weighted by molar-refractivity contribution is 6.31. The fourth-order valence-corrected chi connectivity index (χ4v) is 4.71. The first-order valence-corrected chi connectivity index (χ1v) is 11.4. The van der Waals surface area contributed by atoms with E-state index in [0.717, 1.165) is 16.5 Å².